The number of amides is 2. The highest BCUT2D eigenvalue weighted by molar-refractivity contribution is 8.00. The summed E-state index contributed by atoms with van der Waals surface area (Å²) < 4.78 is 0. The quantitative estimate of drug-likeness (QED) is 0.817. The minimum Gasteiger partial charge on any atom is -0.352 e. The smallest absolute Gasteiger partial charge is 0.234 e. The van der Waals surface area contributed by atoms with Gasteiger partial charge in [0.15, 0.2) is 0 Å². The number of rotatable bonds is 6. The fourth-order valence-electron chi connectivity index (χ4n) is 2.88. The van der Waals surface area contributed by atoms with Crippen molar-refractivity contribution in [2.45, 2.75) is 6.92 Å². The van der Waals surface area contributed by atoms with Gasteiger partial charge in [0.05, 0.1) is 17.7 Å². The second kappa shape index (κ2) is 9.36. The van der Waals surface area contributed by atoms with Crippen LogP contribution in [0.25, 0.3) is 0 Å². The zero-order chi connectivity index (χ0) is 19.1. The largest absolute Gasteiger partial charge is 0.352 e. The molecule has 142 valence electrons. The van der Waals surface area contributed by atoms with Crippen molar-refractivity contribution in [3.05, 3.63) is 48.4 Å². The first-order valence-electron chi connectivity index (χ1n) is 8.85. The fourth-order valence-corrected chi connectivity index (χ4v) is 3.60. The molecule has 3 rings (SSSR count). The summed E-state index contributed by atoms with van der Waals surface area (Å²) in [5, 5.41) is 2.86. The molecule has 1 aromatic carbocycles. The van der Waals surface area contributed by atoms with Gasteiger partial charge >= 0.3 is 0 Å². The number of aryl methyl sites for hydroxylation is 1. The number of piperazine rings is 1. The molecule has 2 heterocycles. The molecule has 8 heteroatoms. The first kappa shape index (κ1) is 19.2. The maximum Gasteiger partial charge on any atom is 0.234 e. The Morgan fingerprint density at radius 1 is 1.15 bits per heavy atom. The summed E-state index contributed by atoms with van der Waals surface area (Å²) in [6.07, 6.45) is 5.06. The lowest BCUT2D eigenvalue weighted by atomic mass is 10.2. The zero-order valence-electron chi connectivity index (χ0n) is 15.3. The van der Waals surface area contributed by atoms with E-state index in [2.05, 4.69) is 20.2 Å². The highest BCUT2D eigenvalue weighted by Gasteiger charge is 2.22. The summed E-state index contributed by atoms with van der Waals surface area (Å²) in [6, 6.07) is 7.66. The molecule has 7 nitrogen and oxygen atoms in total. The second-order valence-electron chi connectivity index (χ2n) is 6.34. The van der Waals surface area contributed by atoms with Crippen LogP contribution in [0.15, 0.2) is 42.9 Å². The van der Waals surface area contributed by atoms with Gasteiger partial charge in [-0.05, 0) is 24.6 Å². The molecule has 2 aromatic rings. The monoisotopic (exact) mass is 385 g/mol. The topological polar surface area (TPSA) is 78.4 Å². The molecule has 1 aliphatic heterocycles. The van der Waals surface area contributed by atoms with Crippen molar-refractivity contribution in [2.24, 2.45) is 0 Å². The molecule has 0 atom stereocenters. The molecular formula is C19H23N5O2S. The van der Waals surface area contributed by atoms with E-state index in [9.17, 15) is 9.59 Å². The van der Waals surface area contributed by atoms with Gasteiger partial charge in [-0.3, -0.25) is 14.6 Å². The molecule has 2 amide bonds. The summed E-state index contributed by atoms with van der Waals surface area (Å²) in [5.41, 5.74) is 1.88. The van der Waals surface area contributed by atoms with Crippen LogP contribution >= 0.6 is 11.8 Å². The fraction of sp³-hybridized carbons (Fsp3) is 0.368. The van der Waals surface area contributed by atoms with Gasteiger partial charge in [0.25, 0.3) is 0 Å². The van der Waals surface area contributed by atoms with Crippen LogP contribution in [-0.4, -0.2) is 64.4 Å². The highest BCUT2D eigenvalue weighted by Crippen LogP contribution is 2.14. The van der Waals surface area contributed by atoms with E-state index in [1.165, 1.54) is 11.8 Å². The number of anilines is 2. The standard InChI is InChI=1S/C19H23N5O2S/c1-15-3-2-4-16(11-15)22-18(25)13-27-14-19(26)24-9-7-23(8-10-24)17-12-20-5-6-21-17/h2-6,11-12H,7-10,13-14H2,1H3,(H,22,25). The maximum atomic E-state index is 12.4. The molecule has 1 aromatic heterocycles. The molecule has 0 aliphatic carbocycles. The third kappa shape index (κ3) is 5.68. The number of aromatic nitrogens is 2. The Labute approximate surface area is 163 Å². The number of nitrogens with zero attached hydrogens (tertiary/aromatic N) is 4. The first-order valence-corrected chi connectivity index (χ1v) is 10.0. The summed E-state index contributed by atoms with van der Waals surface area (Å²) in [7, 11) is 0. The summed E-state index contributed by atoms with van der Waals surface area (Å²) in [6.45, 7) is 4.77. The Balaban J connectivity index is 1.37. The van der Waals surface area contributed by atoms with Crippen molar-refractivity contribution in [3.8, 4) is 0 Å². The predicted octanol–water partition coefficient (Wildman–Crippen LogP) is 1.81. The van der Waals surface area contributed by atoms with Crippen molar-refractivity contribution in [2.75, 3.05) is 47.9 Å². The van der Waals surface area contributed by atoms with Gasteiger partial charge in [0.2, 0.25) is 11.8 Å². The van der Waals surface area contributed by atoms with Gasteiger partial charge in [0.1, 0.15) is 5.82 Å². The van der Waals surface area contributed by atoms with Gasteiger partial charge in [-0.2, -0.15) is 0 Å². The van der Waals surface area contributed by atoms with E-state index in [1.807, 2.05) is 36.1 Å². The van der Waals surface area contributed by atoms with E-state index in [0.29, 0.717) is 18.8 Å². The summed E-state index contributed by atoms with van der Waals surface area (Å²) in [4.78, 5) is 36.7. The van der Waals surface area contributed by atoms with Gasteiger partial charge in [0, 0.05) is 44.3 Å². The van der Waals surface area contributed by atoms with Crippen molar-refractivity contribution in [3.63, 3.8) is 0 Å². The molecule has 1 aliphatic rings. The molecule has 0 bridgehead atoms. The highest BCUT2D eigenvalue weighted by atomic mass is 32.2. The van der Waals surface area contributed by atoms with E-state index in [1.54, 1.807) is 18.6 Å². The molecule has 0 saturated carbocycles. The van der Waals surface area contributed by atoms with Crippen molar-refractivity contribution < 1.29 is 9.59 Å². The van der Waals surface area contributed by atoms with Gasteiger partial charge in [-0.25, -0.2) is 4.98 Å². The van der Waals surface area contributed by atoms with Crippen LogP contribution in [0.4, 0.5) is 11.5 Å². The number of carbonyl (C=O) groups is 2. The van der Waals surface area contributed by atoms with Crippen LogP contribution in [0.2, 0.25) is 0 Å². The third-order valence-electron chi connectivity index (χ3n) is 4.27. The number of thioether (sulfide) groups is 1. The SMILES string of the molecule is Cc1cccc(NC(=O)CSCC(=O)N2CCN(c3cnccn3)CC2)c1. The molecule has 1 N–H and O–H groups in total. The summed E-state index contributed by atoms with van der Waals surface area (Å²) >= 11 is 1.34. The van der Waals surface area contributed by atoms with E-state index in [4.69, 9.17) is 0 Å². The van der Waals surface area contributed by atoms with E-state index in [0.717, 1.165) is 30.2 Å². The molecule has 0 unspecified atom stereocenters. The Morgan fingerprint density at radius 3 is 2.67 bits per heavy atom. The third-order valence-corrected chi connectivity index (χ3v) is 5.18. The van der Waals surface area contributed by atoms with E-state index >= 15 is 0 Å². The lowest BCUT2D eigenvalue weighted by Crippen LogP contribution is -2.49. The van der Waals surface area contributed by atoms with Crippen LogP contribution in [-0.2, 0) is 9.59 Å². The molecule has 27 heavy (non-hydrogen) atoms. The van der Waals surface area contributed by atoms with Gasteiger partial charge < -0.3 is 15.1 Å². The molecule has 1 saturated heterocycles. The van der Waals surface area contributed by atoms with Gasteiger partial charge in [-0.1, -0.05) is 12.1 Å². The Morgan fingerprint density at radius 2 is 1.96 bits per heavy atom. The van der Waals surface area contributed by atoms with Gasteiger partial charge in [-0.15, -0.1) is 11.8 Å². The van der Waals surface area contributed by atoms with E-state index < -0.39 is 0 Å². The normalized spacial score (nSPS) is 14.1. The maximum absolute atomic E-state index is 12.4. The molecular weight excluding hydrogens is 362 g/mol. The number of benzene rings is 1. The zero-order valence-corrected chi connectivity index (χ0v) is 16.1. The van der Waals surface area contributed by atoms with Crippen LogP contribution < -0.4 is 10.2 Å². The molecule has 0 spiro atoms. The first-order chi connectivity index (χ1) is 13.1. The van der Waals surface area contributed by atoms with E-state index in [-0.39, 0.29) is 17.6 Å². The van der Waals surface area contributed by atoms with Crippen molar-refractivity contribution in [1.82, 2.24) is 14.9 Å². The second-order valence-corrected chi connectivity index (χ2v) is 7.33. The van der Waals surface area contributed by atoms with Crippen LogP contribution in [0, 0.1) is 6.92 Å². The van der Waals surface area contributed by atoms with Crippen LogP contribution in [0.1, 0.15) is 5.56 Å². The lowest BCUT2D eigenvalue weighted by molar-refractivity contribution is -0.128. The predicted molar refractivity (Wildman–Crippen MR) is 108 cm³/mol. The molecule has 0 radical (unpaired) electrons. The number of hydrogen-bond donors (Lipinski definition) is 1. The van der Waals surface area contributed by atoms with Crippen LogP contribution in [0.3, 0.4) is 0 Å². The minimum atomic E-state index is -0.0918. The van der Waals surface area contributed by atoms with Crippen molar-refractivity contribution in [1.29, 1.82) is 0 Å². The average Bonchev–Trinajstić information content (AvgIpc) is 2.69. The molecule has 1 fully saturated rings. The Hall–Kier alpha value is -2.61. The Bertz CT molecular complexity index is 779. The average molecular weight is 385 g/mol. The number of nitrogens with one attached hydrogen (secondary N) is 1. The lowest BCUT2D eigenvalue weighted by Gasteiger charge is -2.35. The van der Waals surface area contributed by atoms with Crippen molar-refractivity contribution >= 4 is 35.1 Å². The summed E-state index contributed by atoms with van der Waals surface area (Å²) in [5.74, 6) is 1.39. The van der Waals surface area contributed by atoms with Crippen LogP contribution in [0.5, 0.6) is 0 Å². The number of hydrogen-bond acceptors (Lipinski definition) is 6. The Kier molecular flexibility index (Phi) is 6.64. The number of carbonyl (C=O) groups excluding carboxylic acids is 2. The minimum absolute atomic E-state index is 0.0714.